The van der Waals surface area contributed by atoms with E-state index in [0.717, 1.165) is 12.1 Å². The molecule has 76 valence electrons. The highest BCUT2D eigenvalue weighted by molar-refractivity contribution is 9.10. The summed E-state index contributed by atoms with van der Waals surface area (Å²) in [4.78, 5) is 7.46. The number of carbonyl (C=O) groups is 1. The van der Waals surface area contributed by atoms with Gasteiger partial charge in [-0.25, -0.2) is 0 Å². The van der Waals surface area contributed by atoms with Crippen molar-refractivity contribution in [2.24, 2.45) is 0 Å². The van der Waals surface area contributed by atoms with E-state index in [9.17, 15) is 13.6 Å². The van der Waals surface area contributed by atoms with E-state index in [2.05, 4.69) is 0 Å². The van der Waals surface area contributed by atoms with Crippen LogP contribution in [0.5, 0.6) is 0 Å². The van der Waals surface area contributed by atoms with Crippen LogP contribution in [0.3, 0.4) is 0 Å². The van der Waals surface area contributed by atoms with Crippen molar-refractivity contribution in [3.8, 4) is 0 Å². The number of benzene rings is 1. The summed E-state index contributed by atoms with van der Waals surface area (Å²) in [6.45, 7) is 0. The van der Waals surface area contributed by atoms with E-state index in [1.54, 1.807) is 0 Å². The third-order valence-corrected chi connectivity index (χ3v) is 2.18. The van der Waals surface area contributed by atoms with Crippen LogP contribution in [-0.2, 0) is 0 Å². The molecule has 0 unspecified atom stereocenters. The van der Waals surface area contributed by atoms with E-state index in [1.165, 1.54) is 6.07 Å². The maximum Gasteiger partial charge on any atom is 0.363 e. The standard InChI is InChI=1S/C8H3BrCl2F2O/c9-8(12,13)7(14)4-1-5(10)3-6(11)2-4/h1-3H. The van der Waals surface area contributed by atoms with Crippen LogP contribution in [0.1, 0.15) is 10.4 Å². The van der Waals surface area contributed by atoms with Gasteiger partial charge in [0.2, 0.25) is 5.78 Å². The van der Waals surface area contributed by atoms with Crippen LogP contribution >= 0.6 is 39.1 Å². The lowest BCUT2D eigenvalue weighted by Gasteiger charge is -2.07. The van der Waals surface area contributed by atoms with Crippen molar-refractivity contribution in [2.45, 2.75) is 4.83 Å². The Balaban J connectivity index is 3.14. The van der Waals surface area contributed by atoms with Crippen molar-refractivity contribution in [1.82, 2.24) is 0 Å². The van der Waals surface area contributed by atoms with Gasteiger partial charge < -0.3 is 0 Å². The summed E-state index contributed by atoms with van der Waals surface area (Å²) < 4.78 is 25.1. The normalized spacial score (nSPS) is 11.5. The molecule has 0 heterocycles. The molecular formula is C8H3BrCl2F2O. The molecule has 0 bridgehead atoms. The molecular weight excluding hydrogens is 301 g/mol. The lowest BCUT2D eigenvalue weighted by molar-refractivity contribution is 0.0592. The van der Waals surface area contributed by atoms with Crippen molar-refractivity contribution < 1.29 is 13.6 Å². The highest BCUT2D eigenvalue weighted by Crippen LogP contribution is 2.29. The molecule has 0 fully saturated rings. The molecule has 0 saturated heterocycles. The first-order chi connectivity index (χ1) is 6.30. The van der Waals surface area contributed by atoms with Crippen molar-refractivity contribution in [1.29, 1.82) is 0 Å². The van der Waals surface area contributed by atoms with Gasteiger partial charge in [0.25, 0.3) is 0 Å². The van der Waals surface area contributed by atoms with Crippen molar-refractivity contribution in [3.05, 3.63) is 33.8 Å². The molecule has 0 spiro atoms. The number of halogens is 5. The van der Waals surface area contributed by atoms with Gasteiger partial charge in [0, 0.05) is 15.6 Å². The molecule has 0 saturated carbocycles. The Hall–Kier alpha value is -0.190. The molecule has 0 amide bonds. The van der Waals surface area contributed by atoms with Gasteiger partial charge in [-0.2, -0.15) is 8.78 Å². The Morgan fingerprint density at radius 2 is 1.64 bits per heavy atom. The average Bonchev–Trinajstić information content (AvgIpc) is 1.99. The third-order valence-electron chi connectivity index (χ3n) is 1.38. The molecule has 0 aliphatic heterocycles. The minimum atomic E-state index is -3.60. The van der Waals surface area contributed by atoms with E-state index in [-0.39, 0.29) is 15.6 Å². The fourth-order valence-electron chi connectivity index (χ4n) is 0.849. The Morgan fingerprint density at radius 1 is 1.21 bits per heavy atom. The number of alkyl halides is 3. The van der Waals surface area contributed by atoms with Crippen LogP contribution in [0, 0.1) is 0 Å². The van der Waals surface area contributed by atoms with Gasteiger partial charge in [-0.15, -0.1) is 0 Å². The molecule has 0 radical (unpaired) electrons. The highest BCUT2D eigenvalue weighted by atomic mass is 79.9. The molecule has 0 aliphatic rings. The van der Waals surface area contributed by atoms with Gasteiger partial charge in [-0.3, -0.25) is 4.79 Å². The maximum absolute atomic E-state index is 12.5. The smallest absolute Gasteiger partial charge is 0.286 e. The number of hydrogen-bond acceptors (Lipinski definition) is 1. The van der Waals surface area contributed by atoms with Gasteiger partial charge in [-0.05, 0) is 34.1 Å². The van der Waals surface area contributed by atoms with Crippen molar-refractivity contribution >= 4 is 44.9 Å². The van der Waals surface area contributed by atoms with Crippen LogP contribution in [-0.4, -0.2) is 10.6 Å². The second kappa shape index (κ2) is 4.13. The first-order valence-electron chi connectivity index (χ1n) is 3.38. The Morgan fingerprint density at radius 3 is 2.00 bits per heavy atom. The highest BCUT2D eigenvalue weighted by Gasteiger charge is 2.35. The lowest BCUT2D eigenvalue weighted by atomic mass is 10.1. The first kappa shape index (κ1) is 11.9. The molecule has 0 N–H and O–H groups in total. The van der Waals surface area contributed by atoms with E-state index >= 15 is 0 Å². The van der Waals surface area contributed by atoms with E-state index in [1.807, 2.05) is 15.9 Å². The zero-order valence-electron chi connectivity index (χ0n) is 6.53. The predicted molar refractivity (Wildman–Crippen MR) is 54.7 cm³/mol. The summed E-state index contributed by atoms with van der Waals surface area (Å²) >= 11 is 13.1. The van der Waals surface area contributed by atoms with Crippen molar-refractivity contribution in [2.75, 3.05) is 0 Å². The SMILES string of the molecule is O=C(c1cc(Cl)cc(Cl)c1)C(F)(F)Br. The largest absolute Gasteiger partial charge is 0.363 e. The first-order valence-corrected chi connectivity index (χ1v) is 4.93. The molecule has 6 heteroatoms. The molecule has 1 rings (SSSR count). The van der Waals surface area contributed by atoms with Crippen LogP contribution in [0.25, 0.3) is 0 Å². The average molecular weight is 304 g/mol. The summed E-state index contributed by atoms with van der Waals surface area (Å²) in [6, 6.07) is 3.61. The van der Waals surface area contributed by atoms with Gasteiger partial charge in [0.1, 0.15) is 0 Å². The number of rotatable bonds is 2. The molecule has 1 aromatic rings. The molecule has 14 heavy (non-hydrogen) atoms. The molecule has 1 nitrogen and oxygen atoms in total. The van der Waals surface area contributed by atoms with E-state index in [0.29, 0.717) is 0 Å². The van der Waals surface area contributed by atoms with Crippen LogP contribution in [0.2, 0.25) is 10.0 Å². The van der Waals surface area contributed by atoms with E-state index < -0.39 is 10.6 Å². The Labute approximate surface area is 97.1 Å². The van der Waals surface area contributed by atoms with Gasteiger partial charge in [0.05, 0.1) is 0 Å². The third kappa shape index (κ3) is 2.90. The Kier molecular flexibility index (Phi) is 3.50. The van der Waals surface area contributed by atoms with Crippen LogP contribution in [0.15, 0.2) is 18.2 Å². The molecule has 0 atom stereocenters. The number of ketones is 1. The zero-order chi connectivity index (χ0) is 10.9. The van der Waals surface area contributed by atoms with E-state index in [4.69, 9.17) is 23.2 Å². The number of carbonyl (C=O) groups excluding carboxylic acids is 1. The van der Waals surface area contributed by atoms with Gasteiger partial charge in [-0.1, -0.05) is 23.2 Å². The van der Waals surface area contributed by atoms with Gasteiger partial charge in [0.15, 0.2) is 0 Å². The second-order valence-corrected chi connectivity index (χ2v) is 4.35. The summed E-state index contributed by atoms with van der Waals surface area (Å²) in [6.07, 6.45) is 0. The lowest BCUT2D eigenvalue weighted by Crippen LogP contribution is -2.20. The minimum Gasteiger partial charge on any atom is -0.286 e. The monoisotopic (exact) mass is 302 g/mol. The predicted octanol–water partition coefficient (Wildman–Crippen LogP) is 4.16. The summed E-state index contributed by atoms with van der Waals surface area (Å²) in [5.41, 5.74) is -0.232. The summed E-state index contributed by atoms with van der Waals surface area (Å²) in [5.74, 6) is -1.37. The van der Waals surface area contributed by atoms with Crippen molar-refractivity contribution in [3.63, 3.8) is 0 Å². The van der Waals surface area contributed by atoms with Crippen LogP contribution < -0.4 is 0 Å². The fraction of sp³-hybridized carbons (Fsp3) is 0.125. The maximum atomic E-state index is 12.5. The summed E-state index contributed by atoms with van der Waals surface area (Å²) in [7, 11) is 0. The van der Waals surface area contributed by atoms with Crippen LogP contribution in [0.4, 0.5) is 8.78 Å². The Bertz CT molecular complexity index is 356. The molecule has 0 aliphatic carbocycles. The topological polar surface area (TPSA) is 17.1 Å². The molecule has 1 aromatic carbocycles. The number of hydrogen-bond donors (Lipinski definition) is 0. The summed E-state index contributed by atoms with van der Waals surface area (Å²) in [5, 5.41) is 0.273. The zero-order valence-corrected chi connectivity index (χ0v) is 9.63. The second-order valence-electron chi connectivity index (χ2n) is 2.49. The minimum absolute atomic E-state index is 0.137. The number of Topliss-reactive ketones (excluding diaryl/α,β-unsaturated/α-hetero) is 1. The molecule has 0 aromatic heterocycles. The fourth-order valence-corrected chi connectivity index (χ4v) is 1.60. The quantitative estimate of drug-likeness (QED) is 0.592. The van der Waals surface area contributed by atoms with Gasteiger partial charge >= 0.3 is 4.83 Å².